The van der Waals surface area contributed by atoms with Gasteiger partial charge in [0.1, 0.15) is 5.75 Å². The lowest BCUT2D eigenvalue weighted by atomic mass is 10.2. The van der Waals surface area contributed by atoms with E-state index in [4.69, 9.17) is 4.52 Å². The third-order valence-corrected chi connectivity index (χ3v) is 3.61. The van der Waals surface area contributed by atoms with Crippen molar-refractivity contribution in [3.63, 3.8) is 0 Å². The summed E-state index contributed by atoms with van der Waals surface area (Å²) in [7, 11) is 0. The van der Waals surface area contributed by atoms with Crippen LogP contribution in [0.1, 0.15) is 12.3 Å². The highest BCUT2D eigenvalue weighted by atomic mass is 19.4. The molecule has 0 unspecified atom stereocenters. The fourth-order valence-corrected chi connectivity index (χ4v) is 2.30. The van der Waals surface area contributed by atoms with Crippen molar-refractivity contribution in [2.45, 2.75) is 19.0 Å². The molecule has 0 spiro atoms. The summed E-state index contributed by atoms with van der Waals surface area (Å²) in [6.07, 6.45) is -4.02. The number of carbonyl (C=O) groups is 1. The number of hydrogen-bond donors (Lipinski definition) is 1. The lowest BCUT2D eigenvalue weighted by Crippen LogP contribution is -2.19. The zero-order valence-electron chi connectivity index (χ0n) is 14.6. The first-order valence-electron chi connectivity index (χ1n) is 8.36. The van der Waals surface area contributed by atoms with Crippen LogP contribution in [0.2, 0.25) is 0 Å². The van der Waals surface area contributed by atoms with E-state index in [1.165, 1.54) is 24.3 Å². The Bertz CT molecular complexity index is 909. The number of halogens is 3. The van der Waals surface area contributed by atoms with Crippen molar-refractivity contribution < 1.29 is 27.2 Å². The average molecular weight is 391 g/mol. The van der Waals surface area contributed by atoms with Crippen LogP contribution < -0.4 is 10.1 Å². The highest BCUT2D eigenvalue weighted by molar-refractivity contribution is 5.90. The maximum atomic E-state index is 12.1. The van der Waals surface area contributed by atoms with Crippen molar-refractivity contribution in [2.24, 2.45) is 0 Å². The maximum Gasteiger partial charge on any atom is 0.422 e. The molecule has 0 atom stereocenters. The van der Waals surface area contributed by atoms with Gasteiger partial charge < -0.3 is 14.6 Å². The minimum absolute atomic E-state index is 0.0645. The van der Waals surface area contributed by atoms with Gasteiger partial charge in [0, 0.05) is 24.1 Å². The van der Waals surface area contributed by atoms with Crippen molar-refractivity contribution in [3.8, 4) is 17.1 Å². The molecule has 0 fully saturated rings. The van der Waals surface area contributed by atoms with Gasteiger partial charge in [0.25, 0.3) is 0 Å². The minimum Gasteiger partial charge on any atom is -0.484 e. The smallest absolute Gasteiger partial charge is 0.422 e. The SMILES string of the molecule is O=C(CCc1nc(-c2ccccc2)no1)Nc1ccc(OCC(F)(F)F)cc1. The second-order valence-corrected chi connectivity index (χ2v) is 5.85. The van der Waals surface area contributed by atoms with E-state index in [2.05, 4.69) is 20.2 Å². The lowest BCUT2D eigenvalue weighted by Gasteiger charge is -2.10. The van der Waals surface area contributed by atoms with E-state index in [9.17, 15) is 18.0 Å². The number of benzene rings is 2. The van der Waals surface area contributed by atoms with Gasteiger partial charge in [-0.1, -0.05) is 35.5 Å². The molecule has 1 heterocycles. The lowest BCUT2D eigenvalue weighted by molar-refractivity contribution is -0.153. The average Bonchev–Trinajstić information content (AvgIpc) is 3.15. The molecule has 0 aliphatic heterocycles. The van der Waals surface area contributed by atoms with Gasteiger partial charge in [0.2, 0.25) is 17.6 Å². The quantitative estimate of drug-likeness (QED) is 0.652. The standard InChI is InChI=1S/C19H16F3N3O3/c20-19(21,22)12-27-15-8-6-14(7-9-15)23-16(26)10-11-17-24-18(25-28-17)13-4-2-1-3-5-13/h1-9H,10-12H2,(H,23,26). The van der Waals surface area contributed by atoms with Crippen LogP contribution in [0.3, 0.4) is 0 Å². The normalized spacial score (nSPS) is 11.2. The van der Waals surface area contributed by atoms with Crippen LogP contribution in [0, 0.1) is 0 Å². The molecule has 3 rings (SSSR count). The van der Waals surface area contributed by atoms with E-state index in [1.807, 2.05) is 30.3 Å². The van der Waals surface area contributed by atoms with Crippen LogP contribution in [0.25, 0.3) is 11.4 Å². The third kappa shape index (κ3) is 5.83. The van der Waals surface area contributed by atoms with E-state index in [1.54, 1.807) is 0 Å². The number of nitrogens with one attached hydrogen (secondary N) is 1. The largest absolute Gasteiger partial charge is 0.484 e. The van der Waals surface area contributed by atoms with Crippen LogP contribution in [0.5, 0.6) is 5.75 Å². The summed E-state index contributed by atoms with van der Waals surface area (Å²) in [5.74, 6) is 0.563. The zero-order valence-corrected chi connectivity index (χ0v) is 14.6. The fraction of sp³-hybridized carbons (Fsp3) is 0.211. The number of rotatable bonds is 7. The predicted molar refractivity (Wildman–Crippen MR) is 94.7 cm³/mol. The number of aryl methyl sites for hydroxylation is 1. The molecule has 146 valence electrons. The summed E-state index contributed by atoms with van der Waals surface area (Å²) in [6.45, 7) is -1.37. The Kier molecular flexibility index (Phi) is 5.93. The molecule has 3 aromatic rings. The van der Waals surface area contributed by atoms with E-state index >= 15 is 0 Å². The molecule has 1 amide bonds. The zero-order chi connectivity index (χ0) is 20.0. The van der Waals surface area contributed by atoms with Crippen molar-refractivity contribution >= 4 is 11.6 Å². The molecule has 6 nitrogen and oxygen atoms in total. The van der Waals surface area contributed by atoms with Gasteiger partial charge in [-0.3, -0.25) is 4.79 Å². The molecule has 2 aromatic carbocycles. The second kappa shape index (κ2) is 8.55. The molecule has 0 aliphatic rings. The van der Waals surface area contributed by atoms with E-state index in [0.717, 1.165) is 5.56 Å². The van der Waals surface area contributed by atoms with E-state index in [0.29, 0.717) is 17.4 Å². The van der Waals surface area contributed by atoms with Crippen LogP contribution in [-0.4, -0.2) is 28.8 Å². The number of alkyl halides is 3. The summed E-state index contributed by atoms with van der Waals surface area (Å²) in [6, 6.07) is 14.9. The van der Waals surface area contributed by atoms with Gasteiger partial charge in [-0.05, 0) is 24.3 Å². The number of hydrogen-bond acceptors (Lipinski definition) is 5. The number of anilines is 1. The van der Waals surface area contributed by atoms with Crippen LogP contribution in [-0.2, 0) is 11.2 Å². The summed E-state index contributed by atoms with van der Waals surface area (Å²) in [5.41, 5.74) is 1.26. The van der Waals surface area contributed by atoms with Crippen molar-refractivity contribution in [2.75, 3.05) is 11.9 Å². The molecule has 9 heteroatoms. The minimum atomic E-state index is -4.40. The first kappa shape index (κ1) is 19.4. The van der Waals surface area contributed by atoms with Crippen molar-refractivity contribution in [3.05, 3.63) is 60.5 Å². The third-order valence-electron chi connectivity index (χ3n) is 3.61. The molecule has 0 radical (unpaired) electrons. The molecule has 0 bridgehead atoms. The van der Waals surface area contributed by atoms with Crippen LogP contribution >= 0.6 is 0 Å². The summed E-state index contributed by atoms with van der Waals surface area (Å²) >= 11 is 0. The Balaban J connectivity index is 1.47. The monoisotopic (exact) mass is 391 g/mol. The summed E-state index contributed by atoms with van der Waals surface area (Å²) in [5, 5.41) is 6.52. The summed E-state index contributed by atoms with van der Waals surface area (Å²) in [4.78, 5) is 16.3. The molecular weight excluding hydrogens is 375 g/mol. The highest BCUT2D eigenvalue weighted by Gasteiger charge is 2.28. The Hall–Kier alpha value is -3.36. The number of ether oxygens (including phenoxy) is 1. The van der Waals surface area contributed by atoms with Gasteiger partial charge in [-0.25, -0.2) is 0 Å². The molecule has 0 aliphatic carbocycles. The highest BCUT2D eigenvalue weighted by Crippen LogP contribution is 2.20. The van der Waals surface area contributed by atoms with Gasteiger partial charge in [0.05, 0.1) is 0 Å². The Morgan fingerprint density at radius 3 is 2.46 bits per heavy atom. The summed E-state index contributed by atoms with van der Waals surface area (Å²) < 4.78 is 46.1. The van der Waals surface area contributed by atoms with Crippen molar-refractivity contribution in [1.82, 2.24) is 10.1 Å². The van der Waals surface area contributed by atoms with E-state index in [-0.39, 0.29) is 24.5 Å². The predicted octanol–water partition coefficient (Wildman–Crippen LogP) is 4.25. The number of nitrogens with zero attached hydrogens (tertiary/aromatic N) is 2. The van der Waals surface area contributed by atoms with Gasteiger partial charge in [-0.2, -0.15) is 18.2 Å². The second-order valence-electron chi connectivity index (χ2n) is 5.85. The molecule has 1 aromatic heterocycles. The topological polar surface area (TPSA) is 77.2 Å². The van der Waals surface area contributed by atoms with E-state index < -0.39 is 12.8 Å². The first-order chi connectivity index (χ1) is 13.4. The molecule has 28 heavy (non-hydrogen) atoms. The number of aromatic nitrogens is 2. The molecule has 0 saturated heterocycles. The van der Waals surface area contributed by atoms with Gasteiger partial charge in [0.15, 0.2) is 6.61 Å². The Morgan fingerprint density at radius 1 is 1.07 bits per heavy atom. The molecular formula is C19H16F3N3O3. The Morgan fingerprint density at radius 2 is 1.79 bits per heavy atom. The van der Waals surface area contributed by atoms with Crippen molar-refractivity contribution in [1.29, 1.82) is 0 Å². The maximum absolute atomic E-state index is 12.1. The molecule has 0 saturated carbocycles. The first-order valence-corrected chi connectivity index (χ1v) is 8.36. The molecule has 1 N–H and O–H groups in total. The fourth-order valence-electron chi connectivity index (χ4n) is 2.30. The van der Waals surface area contributed by atoms with Crippen LogP contribution in [0.4, 0.5) is 18.9 Å². The Labute approximate surface area is 158 Å². The number of amides is 1. The van der Waals surface area contributed by atoms with Crippen LogP contribution in [0.15, 0.2) is 59.1 Å². The number of carbonyl (C=O) groups excluding carboxylic acids is 1. The van der Waals surface area contributed by atoms with Gasteiger partial charge in [-0.15, -0.1) is 0 Å². The van der Waals surface area contributed by atoms with Gasteiger partial charge >= 0.3 is 6.18 Å².